The minimum Gasteiger partial charge on any atom is -0.387 e. The summed E-state index contributed by atoms with van der Waals surface area (Å²) in [7, 11) is -3.47. The van der Waals surface area contributed by atoms with Crippen molar-refractivity contribution in [3.8, 4) is 0 Å². The molecule has 1 heterocycles. The van der Waals surface area contributed by atoms with E-state index in [9.17, 15) is 13.5 Å². The third-order valence-electron chi connectivity index (χ3n) is 3.87. The smallest absolute Gasteiger partial charge is 0.157 e. The van der Waals surface area contributed by atoms with E-state index in [1.54, 1.807) is 19.9 Å². The first kappa shape index (κ1) is 16.7. The van der Waals surface area contributed by atoms with Crippen LogP contribution in [0.15, 0.2) is 22.7 Å². The number of aliphatic hydroxyl groups is 1. The summed E-state index contributed by atoms with van der Waals surface area (Å²) in [4.78, 5) is 0. The normalized spacial score (nSPS) is 13.3. The van der Waals surface area contributed by atoms with Gasteiger partial charge in [-0.25, -0.2) is 8.42 Å². The van der Waals surface area contributed by atoms with Crippen molar-refractivity contribution in [2.45, 2.75) is 39.6 Å². The Kier molecular flexibility index (Phi) is 4.72. The van der Waals surface area contributed by atoms with E-state index >= 15 is 0 Å². The van der Waals surface area contributed by atoms with E-state index in [2.05, 4.69) is 5.16 Å². The minimum absolute atomic E-state index is 0.171. The molecule has 22 heavy (non-hydrogen) atoms. The summed E-state index contributed by atoms with van der Waals surface area (Å²) in [6.45, 7) is 7.30. The Morgan fingerprint density at radius 1 is 1.18 bits per heavy atom. The first-order chi connectivity index (χ1) is 10.2. The highest BCUT2D eigenvalue weighted by Crippen LogP contribution is 2.22. The molecule has 1 aromatic carbocycles. The van der Waals surface area contributed by atoms with Gasteiger partial charge in [0, 0.05) is 5.56 Å². The molecule has 0 aliphatic rings. The quantitative estimate of drug-likeness (QED) is 0.914. The molecule has 5 nitrogen and oxygen atoms in total. The summed E-state index contributed by atoms with van der Waals surface area (Å²) in [5.74, 6) is 0.0112. The monoisotopic (exact) mass is 323 g/mol. The van der Waals surface area contributed by atoms with Crippen LogP contribution in [0.1, 0.15) is 39.8 Å². The summed E-state index contributed by atoms with van der Waals surface area (Å²) in [6, 6.07) is 5.47. The van der Waals surface area contributed by atoms with Gasteiger partial charge in [0.15, 0.2) is 9.84 Å². The van der Waals surface area contributed by atoms with Crippen LogP contribution >= 0.6 is 0 Å². The average molecular weight is 323 g/mol. The molecular formula is C16H21NO4S. The third kappa shape index (κ3) is 3.75. The first-order valence-corrected chi connectivity index (χ1v) is 8.89. The molecule has 0 bridgehead atoms. The van der Waals surface area contributed by atoms with E-state index in [-0.39, 0.29) is 11.5 Å². The van der Waals surface area contributed by atoms with Crippen LogP contribution in [0.25, 0.3) is 0 Å². The molecule has 2 rings (SSSR count). The highest BCUT2D eigenvalue weighted by Gasteiger charge is 2.23. The van der Waals surface area contributed by atoms with Crippen LogP contribution < -0.4 is 0 Å². The second-order valence-electron chi connectivity index (χ2n) is 5.72. The van der Waals surface area contributed by atoms with Gasteiger partial charge < -0.3 is 9.63 Å². The summed E-state index contributed by atoms with van der Waals surface area (Å²) < 4.78 is 29.6. The fourth-order valence-corrected chi connectivity index (χ4v) is 3.94. The Labute approximate surface area is 130 Å². The molecule has 120 valence electrons. The van der Waals surface area contributed by atoms with Crippen LogP contribution in [0.2, 0.25) is 0 Å². The topological polar surface area (TPSA) is 80.4 Å². The zero-order valence-electron chi connectivity index (χ0n) is 13.3. The number of aromatic nitrogens is 1. The maximum absolute atomic E-state index is 12.3. The number of hydrogen-bond donors (Lipinski definition) is 1. The van der Waals surface area contributed by atoms with Crippen LogP contribution in [-0.4, -0.2) is 24.4 Å². The zero-order valence-corrected chi connectivity index (χ0v) is 14.1. The molecule has 0 aliphatic carbocycles. The molecule has 0 amide bonds. The lowest BCUT2D eigenvalue weighted by atomic mass is 10.0. The molecule has 1 aromatic heterocycles. The summed E-state index contributed by atoms with van der Waals surface area (Å²) in [5, 5.41) is 14.0. The number of benzene rings is 1. The number of aryl methyl sites for hydroxylation is 4. The van der Waals surface area contributed by atoms with Crippen molar-refractivity contribution in [3.63, 3.8) is 0 Å². The lowest BCUT2D eigenvalue weighted by Gasteiger charge is -2.13. The van der Waals surface area contributed by atoms with Crippen molar-refractivity contribution < 1.29 is 18.0 Å². The van der Waals surface area contributed by atoms with E-state index in [1.807, 2.05) is 26.0 Å². The molecule has 0 spiro atoms. The second kappa shape index (κ2) is 6.22. The molecule has 0 radical (unpaired) electrons. The van der Waals surface area contributed by atoms with Gasteiger partial charge in [0.1, 0.15) is 5.76 Å². The van der Waals surface area contributed by atoms with Gasteiger partial charge in [-0.2, -0.15) is 0 Å². The van der Waals surface area contributed by atoms with Gasteiger partial charge >= 0.3 is 0 Å². The van der Waals surface area contributed by atoms with E-state index in [0.717, 1.165) is 11.1 Å². The van der Waals surface area contributed by atoms with Crippen LogP contribution in [0.3, 0.4) is 0 Å². The van der Waals surface area contributed by atoms with Gasteiger partial charge in [-0.1, -0.05) is 23.4 Å². The van der Waals surface area contributed by atoms with Crippen LogP contribution in [0, 0.1) is 27.7 Å². The highest BCUT2D eigenvalue weighted by atomic mass is 32.2. The maximum Gasteiger partial charge on any atom is 0.157 e. The van der Waals surface area contributed by atoms with Gasteiger partial charge in [0.05, 0.1) is 23.3 Å². The van der Waals surface area contributed by atoms with Gasteiger partial charge in [0.2, 0.25) is 0 Å². The Morgan fingerprint density at radius 3 is 2.41 bits per heavy atom. The molecule has 0 aliphatic heterocycles. The van der Waals surface area contributed by atoms with E-state index in [0.29, 0.717) is 22.6 Å². The van der Waals surface area contributed by atoms with Gasteiger partial charge in [-0.15, -0.1) is 0 Å². The summed E-state index contributed by atoms with van der Waals surface area (Å²) >= 11 is 0. The van der Waals surface area contributed by atoms with Crippen LogP contribution in [0.5, 0.6) is 0 Å². The van der Waals surface area contributed by atoms with Crippen molar-refractivity contribution in [1.82, 2.24) is 5.16 Å². The van der Waals surface area contributed by atoms with E-state index in [1.165, 1.54) is 0 Å². The van der Waals surface area contributed by atoms with E-state index < -0.39 is 15.9 Å². The molecule has 0 saturated carbocycles. The SMILES string of the molecule is Cc1ccc(C(O)CS(=O)(=O)Cc2c(C)noc2C)cc1C. The number of hydrogen-bond acceptors (Lipinski definition) is 5. The van der Waals surface area contributed by atoms with Crippen molar-refractivity contribution in [3.05, 3.63) is 51.9 Å². The zero-order chi connectivity index (χ0) is 16.5. The van der Waals surface area contributed by atoms with Gasteiger partial charge in [-0.3, -0.25) is 0 Å². The molecule has 1 atom stereocenters. The Balaban J connectivity index is 2.16. The molecular weight excluding hydrogens is 302 g/mol. The first-order valence-electron chi connectivity index (χ1n) is 7.07. The largest absolute Gasteiger partial charge is 0.387 e. The van der Waals surface area contributed by atoms with Crippen molar-refractivity contribution in [2.24, 2.45) is 0 Å². The molecule has 6 heteroatoms. The molecule has 2 aromatic rings. The number of nitrogens with zero attached hydrogens (tertiary/aromatic N) is 1. The van der Waals surface area contributed by atoms with E-state index in [4.69, 9.17) is 4.52 Å². The standard InChI is InChI=1S/C16H21NO4S/c1-10-5-6-14(7-11(10)2)16(18)9-22(19,20)8-15-12(3)17-21-13(15)4/h5-7,16,18H,8-9H2,1-4H3. The lowest BCUT2D eigenvalue weighted by molar-refractivity contribution is 0.201. The molecule has 0 fully saturated rings. The Morgan fingerprint density at radius 2 is 1.86 bits per heavy atom. The van der Waals surface area contributed by atoms with Crippen molar-refractivity contribution >= 4 is 9.84 Å². The van der Waals surface area contributed by atoms with Gasteiger partial charge in [0.25, 0.3) is 0 Å². The summed E-state index contributed by atoms with van der Waals surface area (Å²) in [6.07, 6.45) is -1.04. The Hall–Kier alpha value is -1.66. The number of rotatable bonds is 5. The van der Waals surface area contributed by atoms with Crippen LogP contribution in [-0.2, 0) is 15.6 Å². The molecule has 1 N–H and O–H groups in total. The third-order valence-corrected chi connectivity index (χ3v) is 5.43. The van der Waals surface area contributed by atoms with Crippen molar-refractivity contribution in [2.75, 3.05) is 5.75 Å². The minimum atomic E-state index is -3.47. The lowest BCUT2D eigenvalue weighted by Crippen LogP contribution is -2.17. The van der Waals surface area contributed by atoms with Gasteiger partial charge in [-0.05, 0) is 44.4 Å². The number of sulfone groups is 1. The Bertz CT molecular complexity index is 758. The maximum atomic E-state index is 12.3. The second-order valence-corrected chi connectivity index (χ2v) is 7.83. The summed E-state index contributed by atoms with van der Waals surface area (Å²) in [5.41, 5.74) is 3.90. The molecule has 1 unspecified atom stereocenters. The number of aliphatic hydroxyl groups excluding tert-OH is 1. The fourth-order valence-electron chi connectivity index (χ4n) is 2.30. The molecule has 0 saturated heterocycles. The highest BCUT2D eigenvalue weighted by molar-refractivity contribution is 7.90. The fraction of sp³-hybridized carbons (Fsp3) is 0.438. The average Bonchev–Trinajstić information content (AvgIpc) is 2.72. The predicted octanol–water partition coefficient (Wildman–Crippen LogP) is 2.56. The van der Waals surface area contributed by atoms with Crippen LogP contribution in [0.4, 0.5) is 0 Å². The van der Waals surface area contributed by atoms with Crippen molar-refractivity contribution in [1.29, 1.82) is 0 Å². The predicted molar refractivity (Wildman–Crippen MR) is 84.3 cm³/mol.